The van der Waals surface area contributed by atoms with Crippen molar-refractivity contribution in [3.63, 3.8) is 0 Å². The van der Waals surface area contributed by atoms with Crippen molar-refractivity contribution in [1.82, 2.24) is 10.2 Å². The van der Waals surface area contributed by atoms with Crippen molar-refractivity contribution in [3.8, 4) is 17.6 Å². The summed E-state index contributed by atoms with van der Waals surface area (Å²) < 4.78 is 11.2. The van der Waals surface area contributed by atoms with Crippen molar-refractivity contribution in [1.29, 1.82) is 0 Å². The minimum Gasteiger partial charge on any atom is -0.494 e. The van der Waals surface area contributed by atoms with Crippen LogP contribution in [-0.4, -0.2) is 50.5 Å². The number of ketones is 1. The molecule has 1 aromatic heterocycles. The minimum atomic E-state index is -1.82. The molecule has 0 bridgehead atoms. The summed E-state index contributed by atoms with van der Waals surface area (Å²) in [5, 5.41) is 7.96. The molecule has 0 spiro atoms. The summed E-state index contributed by atoms with van der Waals surface area (Å²) in [5.74, 6) is 6.04. The predicted octanol–water partition coefficient (Wildman–Crippen LogP) is 3.46. The van der Waals surface area contributed by atoms with E-state index >= 15 is 0 Å². The molecule has 0 atom stereocenters. The molecule has 0 aliphatic heterocycles. The van der Waals surface area contributed by atoms with Crippen molar-refractivity contribution in [3.05, 3.63) is 11.8 Å². The summed E-state index contributed by atoms with van der Waals surface area (Å²) in [4.78, 5) is 25.6. The second-order valence-corrected chi connectivity index (χ2v) is 12.8. The Balaban J connectivity index is 2.86. The lowest BCUT2D eigenvalue weighted by Gasteiger charge is -2.35. The van der Waals surface area contributed by atoms with Crippen LogP contribution in [-0.2, 0) is 9.22 Å². The van der Waals surface area contributed by atoms with Crippen LogP contribution in [0, 0.1) is 11.8 Å². The van der Waals surface area contributed by atoms with E-state index in [1.807, 2.05) is 0 Å². The smallest absolute Gasteiger partial charge is 0.225 e. The van der Waals surface area contributed by atoms with Crippen LogP contribution < -0.4 is 9.64 Å². The average molecular weight is 406 g/mol. The van der Waals surface area contributed by atoms with Crippen LogP contribution in [0.5, 0.6) is 5.75 Å². The first-order valence-electron chi connectivity index (χ1n) is 9.20. The molecule has 0 aliphatic carbocycles. The predicted molar refractivity (Wildman–Crippen MR) is 112 cm³/mol. The molecule has 154 valence electrons. The van der Waals surface area contributed by atoms with Gasteiger partial charge in [0.05, 0.1) is 19.9 Å². The Morgan fingerprint density at radius 2 is 1.86 bits per heavy atom. The van der Waals surface area contributed by atoms with E-state index in [1.165, 1.54) is 32.1 Å². The van der Waals surface area contributed by atoms with Gasteiger partial charge in [0, 0.05) is 19.9 Å². The number of carbonyl (C=O) groups excluding carboxylic acids is 2. The van der Waals surface area contributed by atoms with Crippen LogP contribution in [0.3, 0.4) is 0 Å². The summed E-state index contributed by atoms with van der Waals surface area (Å²) in [7, 11) is -0.381. The van der Waals surface area contributed by atoms with Gasteiger partial charge in [0.2, 0.25) is 5.91 Å². The van der Waals surface area contributed by atoms with E-state index in [0.717, 1.165) is 0 Å². The monoisotopic (exact) mass is 405 g/mol. The highest BCUT2D eigenvalue weighted by atomic mass is 28.4. The SMILES string of the molecule is COc1cnnc(N(CCC#CCO[Si](C)(C)C(C)(C)C)C(C)=O)c1C(C)=O. The fourth-order valence-corrected chi connectivity index (χ4v) is 3.05. The number of aromatic nitrogens is 2. The van der Waals surface area contributed by atoms with Gasteiger partial charge in [0.15, 0.2) is 25.7 Å². The number of carbonyl (C=O) groups is 2. The van der Waals surface area contributed by atoms with E-state index in [-0.39, 0.29) is 33.9 Å². The number of Topliss-reactive ketones (excluding diaryl/α,β-unsaturated/α-hetero) is 1. The fraction of sp³-hybridized carbons (Fsp3) is 0.600. The van der Waals surface area contributed by atoms with Gasteiger partial charge in [0.25, 0.3) is 0 Å². The Labute approximate surface area is 168 Å². The molecule has 0 fully saturated rings. The second kappa shape index (κ2) is 9.80. The highest BCUT2D eigenvalue weighted by Crippen LogP contribution is 2.36. The van der Waals surface area contributed by atoms with Gasteiger partial charge >= 0.3 is 0 Å². The molecule has 0 aliphatic rings. The molecule has 1 amide bonds. The Morgan fingerprint density at radius 1 is 1.21 bits per heavy atom. The van der Waals surface area contributed by atoms with Gasteiger partial charge in [0.1, 0.15) is 5.56 Å². The van der Waals surface area contributed by atoms with Gasteiger partial charge in [-0.1, -0.05) is 32.6 Å². The normalized spacial score (nSPS) is 11.4. The first-order valence-corrected chi connectivity index (χ1v) is 12.1. The van der Waals surface area contributed by atoms with Gasteiger partial charge in [-0.05, 0) is 25.1 Å². The molecule has 1 heterocycles. The largest absolute Gasteiger partial charge is 0.494 e. The molecule has 0 aromatic carbocycles. The summed E-state index contributed by atoms with van der Waals surface area (Å²) in [6.07, 6.45) is 1.78. The van der Waals surface area contributed by atoms with Crippen LogP contribution in [0.2, 0.25) is 18.1 Å². The van der Waals surface area contributed by atoms with Crippen LogP contribution >= 0.6 is 0 Å². The van der Waals surface area contributed by atoms with Crippen LogP contribution in [0.4, 0.5) is 5.82 Å². The number of methoxy groups -OCH3 is 1. The average Bonchev–Trinajstić information content (AvgIpc) is 2.58. The van der Waals surface area contributed by atoms with Gasteiger partial charge in [-0.2, -0.15) is 5.10 Å². The molecule has 28 heavy (non-hydrogen) atoms. The highest BCUT2D eigenvalue weighted by Gasteiger charge is 2.36. The first-order chi connectivity index (χ1) is 12.9. The van der Waals surface area contributed by atoms with Crippen molar-refractivity contribution in [2.75, 3.05) is 25.2 Å². The molecule has 0 unspecified atom stereocenters. The van der Waals surface area contributed by atoms with Crippen molar-refractivity contribution < 1.29 is 18.8 Å². The lowest BCUT2D eigenvalue weighted by molar-refractivity contribution is -0.116. The molecule has 0 saturated carbocycles. The third kappa shape index (κ3) is 6.14. The van der Waals surface area contributed by atoms with Gasteiger partial charge < -0.3 is 9.16 Å². The van der Waals surface area contributed by atoms with E-state index < -0.39 is 8.32 Å². The molecule has 0 radical (unpaired) electrons. The van der Waals surface area contributed by atoms with Gasteiger partial charge in [-0.15, -0.1) is 5.10 Å². The van der Waals surface area contributed by atoms with E-state index in [4.69, 9.17) is 9.16 Å². The number of ether oxygens (including phenoxy) is 1. The number of hydrogen-bond donors (Lipinski definition) is 0. The molecule has 1 aromatic rings. The van der Waals surface area contributed by atoms with E-state index in [0.29, 0.717) is 19.6 Å². The van der Waals surface area contributed by atoms with Crippen LogP contribution in [0.15, 0.2) is 6.20 Å². The van der Waals surface area contributed by atoms with Crippen LogP contribution in [0.1, 0.15) is 51.4 Å². The van der Waals surface area contributed by atoms with Crippen LogP contribution in [0.25, 0.3) is 0 Å². The third-order valence-corrected chi connectivity index (χ3v) is 9.38. The molecule has 8 heteroatoms. The maximum atomic E-state index is 12.1. The number of amides is 1. The number of hydrogen-bond acceptors (Lipinski definition) is 6. The second-order valence-electron chi connectivity index (χ2n) is 7.99. The zero-order valence-corrected chi connectivity index (χ0v) is 19.2. The Kier molecular flexibility index (Phi) is 8.33. The molecule has 1 rings (SSSR count). The number of nitrogens with zero attached hydrogens (tertiary/aromatic N) is 3. The summed E-state index contributed by atoms with van der Waals surface area (Å²) in [6, 6.07) is 0. The van der Waals surface area contributed by atoms with E-state index in [2.05, 4.69) is 55.9 Å². The Bertz CT molecular complexity index is 776. The van der Waals surface area contributed by atoms with Gasteiger partial charge in [-0.25, -0.2) is 0 Å². The highest BCUT2D eigenvalue weighted by molar-refractivity contribution is 6.74. The standard InChI is InChI=1S/C20H31N3O4Si/c1-15(24)18-17(26-6)14-21-22-19(18)23(16(2)25)12-10-9-11-13-27-28(7,8)20(3,4)5/h14H,10,12-13H2,1-8H3. The first kappa shape index (κ1) is 23.8. The zero-order chi connectivity index (χ0) is 21.5. The van der Waals surface area contributed by atoms with Crippen molar-refractivity contribution >= 4 is 25.8 Å². The summed E-state index contributed by atoms with van der Waals surface area (Å²) in [6.45, 7) is 14.4. The number of anilines is 1. The lowest BCUT2D eigenvalue weighted by Crippen LogP contribution is -2.40. The third-order valence-electron chi connectivity index (χ3n) is 4.90. The molecular weight excluding hydrogens is 374 g/mol. The molecule has 0 saturated heterocycles. The topological polar surface area (TPSA) is 81.6 Å². The van der Waals surface area contributed by atoms with E-state index in [1.54, 1.807) is 0 Å². The Hall–Kier alpha value is -2.24. The lowest BCUT2D eigenvalue weighted by atomic mass is 10.1. The maximum Gasteiger partial charge on any atom is 0.225 e. The maximum absolute atomic E-state index is 12.1. The molecular formula is C20H31N3O4Si. The van der Waals surface area contributed by atoms with E-state index in [9.17, 15) is 9.59 Å². The van der Waals surface area contributed by atoms with Crippen molar-refractivity contribution in [2.24, 2.45) is 0 Å². The quantitative estimate of drug-likeness (QED) is 0.393. The van der Waals surface area contributed by atoms with Crippen molar-refractivity contribution in [2.45, 2.75) is 59.2 Å². The number of rotatable bonds is 7. The fourth-order valence-electron chi connectivity index (χ4n) is 2.19. The minimum absolute atomic E-state index is 0.133. The summed E-state index contributed by atoms with van der Waals surface area (Å²) >= 11 is 0. The van der Waals surface area contributed by atoms with Gasteiger partial charge in [-0.3, -0.25) is 14.5 Å². The molecule has 7 nitrogen and oxygen atoms in total. The zero-order valence-electron chi connectivity index (χ0n) is 18.2. The molecule has 0 N–H and O–H groups in total. The Morgan fingerprint density at radius 3 is 2.36 bits per heavy atom. The summed E-state index contributed by atoms with van der Waals surface area (Å²) in [5.41, 5.74) is 0.238.